The number of esters is 2. The number of cyclic esters (lactones) is 2. The summed E-state index contributed by atoms with van der Waals surface area (Å²) in [5.41, 5.74) is -0.680. The Labute approximate surface area is 154 Å². The maximum Gasteiger partial charge on any atom is 0.416 e. The van der Waals surface area contributed by atoms with Crippen molar-refractivity contribution >= 4 is 23.3 Å². The molecule has 2 rings (SSSR count). The number of hydrogen-bond acceptors (Lipinski definition) is 6. The molecule has 0 atom stereocenters. The molecule has 0 amide bonds. The maximum absolute atomic E-state index is 13.1. The molecule has 1 aromatic carbocycles. The standard InChI is InChI=1S/C18H21F3N2O4/c1-5-23(6-2)14-8-7-11(18(19,20)21)9-13(14)22-10-12-15(24)26-17(3,4)27-16(12)25/h7-10,22H,5-6H2,1-4H3. The van der Waals surface area contributed by atoms with Gasteiger partial charge in [0, 0.05) is 33.1 Å². The average molecular weight is 386 g/mol. The molecular formula is C18H21F3N2O4. The van der Waals surface area contributed by atoms with Crippen LogP contribution in [0.5, 0.6) is 0 Å². The second-order valence-electron chi connectivity index (χ2n) is 6.28. The number of nitrogens with zero attached hydrogens (tertiary/aromatic N) is 1. The molecule has 0 spiro atoms. The number of carbonyl (C=O) groups excluding carboxylic acids is 2. The predicted octanol–water partition coefficient (Wildman–Crippen LogP) is 3.68. The van der Waals surface area contributed by atoms with E-state index in [4.69, 9.17) is 9.47 Å². The number of hydrogen-bond donors (Lipinski definition) is 1. The second-order valence-corrected chi connectivity index (χ2v) is 6.28. The lowest BCUT2D eigenvalue weighted by atomic mass is 10.1. The van der Waals surface area contributed by atoms with Crippen LogP contribution in [0.3, 0.4) is 0 Å². The molecule has 0 aromatic heterocycles. The number of alkyl halides is 3. The van der Waals surface area contributed by atoms with Crippen LogP contribution in [0, 0.1) is 0 Å². The molecule has 0 saturated carbocycles. The molecular weight excluding hydrogens is 365 g/mol. The van der Waals surface area contributed by atoms with Gasteiger partial charge >= 0.3 is 18.1 Å². The van der Waals surface area contributed by atoms with Crippen molar-refractivity contribution in [3.8, 4) is 0 Å². The van der Waals surface area contributed by atoms with Gasteiger partial charge in [0.05, 0.1) is 16.9 Å². The smallest absolute Gasteiger partial charge is 0.416 e. The number of halogens is 3. The molecule has 1 aliphatic heterocycles. The molecule has 6 nitrogen and oxygen atoms in total. The van der Waals surface area contributed by atoms with Gasteiger partial charge in [-0.15, -0.1) is 0 Å². The monoisotopic (exact) mass is 386 g/mol. The highest BCUT2D eigenvalue weighted by atomic mass is 19.4. The zero-order valence-electron chi connectivity index (χ0n) is 15.4. The van der Waals surface area contributed by atoms with Gasteiger partial charge in [-0.25, -0.2) is 9.59 Å². The highest BCUT2D eigenvalue weighted by Crippen LogP contribution is 2.35. The first-order chi connectivity index (χ1) is 12.5. The van der Waals surface area contributed by atoms with Crippen molar-refractivity contribution in [2.45, 2.75) is 39.7 Å². The molecule has 1 aliphatic rings. The summed E-state index contributed by atoms with van der Waals surface area (Å²) in [5, 5.41) is 2.63. The molecule has 1 heterocycles. The zero-order valence-corrected chi connectivity index (χ0v) is 15.4. The Hall–Kier alpha value is -2.71. The van der Waals surface area contributed by atoms with Crippen LogP contribution < -0.4 is 10.2 Å². The van der Waals surface area contributed by atoms with Crippen LogP contribution in [0.25, 0.3) is 0 Å². The van der Waals surface area contributed by atoms with Gasteiger partial charge in [0.15, 0.2) is 5.57 Å². The maximum atomic E-state index is 13.1. The summed E-state index contributed by atoms with van der Waals surface area (Å²) in [5.74, 6) is -3.23. The van der Waals surface area contributed by atoms with Gasteiger partial charge in [0.2, 0.25) is 0 Å². The Morgan fingerprint density at radius 1 is 1.11 bits per heavy atom. The van der Waals surface area contributed by atoms with Crippen molar-refractivity contribution in [3.63, 3.8) is 0 Å². The molecule has 1 aromatic rings. The first kappa shape index (κ1) is 20.6. The minimum Gasteiger partial charge on any atom is -0.419 e. The molecule has 0 aliphatic carbocycles. The molecule has 1 N–H and O–H groups in total. The van der Waals surface area contributed by atoms with E-state index in [0.717, 1.165) is 18.3 Å². The number of rotatable bonds is 5. The first-order valence-electron chi connectivity index (χ1n) is 8.38. The quantitative estimate of drug-likeness (QED) is 0.473. The summed E-state index contributed by atoms with van der Waals surface area (Å²) in [7, 11) is 0. The fourth-order valence-electron chi connectivity index (χ4n) is 2.60. The molecule has 1 saturated heterocycles. The SMILES string of the molecule is CCN(CC)c1ccc(C(F)(F)F)cc1NC=C1C(=O)OC(C)(C)OC1=O. The lowest BCUT2D eigenvalue weighted by molar-refractivity contribution is -0.222. The molecule has 0 bridgehead atoms. The predicted molar refractivity (Wildman–Crippen MR) is 93.0 cm³/mol. The summed E-state index contributed by atoms with van der Waals surface area (Å²) in [4.78, 5) is 25.8. The van der Waals surface area contributed by atoms with Crippen LogP contribution >= 0.6 is 0 Å². The van der Waals surface area contributed by atoms with E-state index in [1.165, 1.54) is 19.9 Å². The molecule has 0 radical (unpaired) electrons. The highest BCUT2D eigenvalue weighted by Gasteiger charge is 2.39. The van der Waals surface area contributed by atoms with E-state index < -0.39 is 35.0 Å². The van der Waals surface area contributed by atoms with Crippen molar-refractivity contribution in [3.05, 3.63) is 35.5 Å². The molecule has 27 heavy (non-hydrogen) atoms. The topological polar surface area (TPSA) is 67.9 Å². The lowest BCUT2D eigenvalue weighted by Crippen LogP contribution is -2.42. The van der Waals surface area contributed by atoms with Gasteiger partial charge in [-0.2, -0.15) is 13.2 Å². The van der Waals surface area contributed by atoms with E-state index in [1.807, 2.05) is 18.7 Å². The summed E-state index contributed by atoms with van der Waals surface area (Å²) < 4.78 is 49.1. The van der Waals surface area contributed by atoms with Gasteiger partial charge in [0.25, 0.3) is 5.79 Å². The van der Waals surface area contributed by atoms with Gasteiger partial charge in [-0.1, -0.05) is 0 Å². The zero-order chi connectivity index (χ0) is 20.4. The lowest BCUT2D eigenvalue weighted by Gasteiger charge is -2.30. The summed E-state index contributed by atoms with van der Waals surface area (Å²) in [6.07, 6.45) is -3.53. The summed E-state index contributed by atoms with van der Waals surface area (Å²) in [6, 6.07) is 3.25. The fourth-order valence-corrected chi connectivity index (χ4v) is 2.60. The number of ether oxygens (including phenoxy) is 2. The van der Waals surface area contributed by atoms with Crippen LogP contribution in [-0.2, 0) is 25.2 Å². The Balaban J connectivity index is 2.41. The van der Waals surface area contributed by atoms with Crippen LogP contribution in [0.1, 0.15) is 33.3 Å². The van der Waals surface area contributed by atoms with Crippen LogP contribution in [0.4, 0.5) is 24.5 Å². The third-order valence-corrected chi connectivity index (χ3v) is 3.92. The van der Waals surface area contributed by atoms with E-state index >= 15 is 0 Å². The number of benzene rings is 1. The van der Waals surface area contributed by atoms with Crippen molar-refractivity contribution in [1.29, 1.82) is 0 Å². The normalized spacial score (nSPS) is 16.5. The third-order valence-electron chi connectivity index (χ3n) is 3.92. The second kappa shape index (κ2) is 7.50. The van der Waals surface area contributed by atoms with E-state index in [9.17, 15) is 22.8 Å². The number of anilines is 2. The van der Waals surface area contributed by atoms with Crippen molar-refractivity contribution < 1.29 is 32.2 Å². The molecule has 9 heteroatoms. The van der Waals surface area contributed by atoms with Crippen molar-refractivity contribution in [1.82, 2.24) is 0 Å². The van der Waals surface area contributed by atoms with E-state index in [1.54, 1.807) is 0 Å². The van der Waals surface area contributed by atoms with Gasteiger partial charge < -0.3 is 19.7 Å². The fraction of sp³-hybridized carbons (Fsp3) is 0.444. The highest BCUT2D eigenvalue weighted by molar-refractivity contribution is 6.15. The largest absolute Gasteiger partial charge is 0.419 e. The van der Waals surface area contributed by atoms with Crippen LogP contribution in [0.2, 0.25) is 0 Å². The van der Waals surface area contributed by atoms with E-state index in [0.29, 0.717) is 18.8 Å². The third kappa shape index (κ3) is 4.72. The summed E-state index contributed by atoms with van der Waals surface area (Å²) >= 11 is 0. The minimum absolute atomic E-state index is 0.103. The van der Waals surface area contributed by atoms with Crippen LogP contribution in [-0.4, -0.2) is 30.8 Å². The van der Waals surface area contributed by atoms with Crippen LogP contribution in [0.15, 0.2) is 30.0 Å². The molecule has 1 fully saturated rings. The van der Waals surface area contributed by atoms with Gasteiger partial charge in [-0.05, 0) is 32.0 Å². The Kier molecular flexibility index (Phi) is 5.72. The summed E-state index contributed by atoms with van der Waals surface area (Å²) in [6.45, 7) is 7.65. The van der Waals surface area contributed by atoms with Crippen molar-refractivity contribution in [2.24, 2.45) is 0 Å². The van der Waals surface area contributed by atoms with E-state index in [-0.39, 0.29) is 5.69 Å². The molecule has 148 valence electrons. The van der Waals surface area contributed by atoms with E-state index in [2.05, 4.69) is 5.32 Å². The Morgan fingerprint density at radius 2 is 1.67 bits per heavy atom. The van der Waals surface area contributed by atoms with Gasteiger partial charge in [0.1, 0.15) is 0 Å². The number of nitrogens with one attached hydrogen (secondary N) is 1. The Morgan fingerprint density at radius 3 is 2.15 bits per heavy atom. The van der Waals surface area contributed by atoms with Crippen molar-refractivity contribution in [2.75, 3.05) is 23.3 Å². The Bertz CT molecular complexity index is 746. The average Bonchev–Trinajstić information content (AvgIpc) is 2.54. The number of carbonyl (C=O) groups is 2. The van der Waals surface area contributed by atoms with Gasteiger partial charge in [-0.3, -0.25) is 0 Å². The molecule has 0 unspecified atom stereocenters. The first-order valence-corrected chi connectivity index (χ1v) is 8.38. The minimum atomic E-state index is -4.53.